The van der Waals surface area contributed by atoms with Gasteiger partial charge in [0, 0.05) is 6.54 Å². The van der Waals surface area contributed by atoms with E-state index in [-0.39, 0.29) is 6.54 Å². The zero-order valence-electron chi connectivity index (χ0n) is 9.13. The first-order chi connectivity index (χ1) is 7.79. The number of hydrogen-bond acceptors (Lipinski definition) is 3. The quantitative estimate of drug-likeness (QED) is 0.845. The number of hydrogen-bond donors (Lipinski definition) is 1. The van der Waals surface area contributed by atoms with Gasteiger partial charge < -0.3 is 5.11 Å². The molecule has 0 fully saturated rings. The van der Waals surface area contributed by atoms with Gasteiger partial charge in [-0.05, 0) is 17.7 Å². The fourth-order valence-corrected chi connectivity index (χ4v) is 1.96. The van der Waals surface area contributed by atoms with Gasteiger partial charge in [0.2, 0.25) is 10.0 Å². The highest BCUT2D eigenvalue weighted by atomic mass is 32.2. The summed E-state index contributed by atoms with van der Waals surface area (Å²) in [5.41, 5.74) is 0.526. The second-order valence-electron chi connectivity index (χ2n) is 3.55. The highest BCUT2D eigenvalue weighted by Gasteiger charge is 2.19. The fraction of sp³-hybridized carbons (Fsp3) is 0.300. The zero-order valence-corrected chi connectivity index (χ0v) is 9.95. The molecule has 17 heavy (non-hydrogen) atoms. The van der Waals surface area contributed by atoms with Gasteiger partial charge >= 0.3 is 5.97 Å². The summed E-state index contributed by atoms with van der Waals surface area (Å²) in [5, 5.41) is 8.60. The lowest BCUT2D eigenvalue weighted by Crippen LogP contribution is -2.34. The second kappa shape index (κ2) is 5.24. The molecule has 0 saturated heterocycles. The van der Waals surface area contributed by atoms with E-state index in [1.54, 1.807) is 0 Å². The number of sulfonamides is 1. The first kappa shape index (κ1) is 13.6. The van der Waals surface area contributed by atoms with Crippen LogP contribution in [0.3, 0.4) is 0 Å². The zero-order chi connectivity index (χ0) is 13.1. The summed E-state index contributed by atoms with van der Waals surface area (Å²) in [6.07, 6.45) is 0.930. The Labute approximate surface area is 98.5 Å². The van der Waals surface area contributed by atoms with E-state index in [2.05, 4.69) is 0 Å². The Kier molecular flexibility index (Phi) is 4.19. The van der Waals surface area contributed by atoms with Crippen LogP contribution in [-0.4, -0.2) is 36.6 Å². The summed E-state index contributed by atoms with van der Waals surface area (Å²) in [6.45, 7) is -0.707. The Morgan fingerprint density at radius 2 is 1.88 bits per heavy atom. The highest BCUT2D eigenvalue weighted by molar-refractivity contribution is 7.88. The van der Waals surface area contributed by atoms with Crippen molar-refractivity contribution in [2.45, 2.75) is 6.54 Å². The third-order valence-corrected chi connectivity index (χ3v) is 3.25. The van der Waals surface area contributed by atoms with Crippen LogP contribution in [0.1, 0.15) is 5.56 Å². The van der Waals surface area contributed by atoms with Crippen LogP contribution >= 0.6 is 0 Å². The van der Waals surface area contributed by atoms with Crippen molar-refractivity contribution in [1.82, 2.24) is 4.31 Å². The summed E-state index contributed by atoms with van der Waals surface area (Å²) in [7, 11) is -3.61. The molecule has 1 N–H and O–H groups in total. The van der Waals surface area contributed by atoms with Crippen LogP contribution in [0, 0.1) is 5.82 Å². The first-order valence-corrected chi connectivity index (χ1v) is 6.55. The van der Waals surface area contributed by atoms with Crippen LogP contribution in [0.5, 0.6) is 0 Å². The van der Waals surface area contributed by atoms with E-state index in [4.69, 9.17) is 5.11 Å². The minimum atomic E-state index is -3.61. The number of aliphatic carboxylic acids is 1. The number of rotatable bonds is 5. The van der Waals surface area contributed by atoms with Crippen LogP contribution in [-0.2, 0) is 21.4 Å². The van der Waals surface area contributed by atoms with Crippen molar-refractivity contribution in [3.8, 4) is 0 Å². The fourth-order valence-electron chi connectivity index (χ4n) is 1.23. The maximum absolute atomic E-state index is 12.6. The predicted molar refractivity (Wildman–Crippen MR) is 59.3 cm³/mol. The first-order valence-electron chi connectivity index (χ1n) is 4.70. The molecule has 0 radical (unpaired) electrons. The average Bonchev–Trinajstić information content (AvgIpc) is 2.18. The molecule has 7 heteroatoms. The smallest absolute Gasteiger partial charge is 0.318 e. The molecule has 0 aliphatic rings. The molecule has 1 aromatic rings. The van der Waals surface area contributed by atoms with Crippen molar-refractivity contribution < 1.29 is 22.7 Å². The van der Waals surface area contributed by atoms with Crippen LogP contribution in [0.4, 0.5) is 4.39 Å². The van der Waals surface area contributed by atoms with Gasteiger partial charge in [-0.3, -0.25) is 4.79 Å². The molecule has 1 aromatic carbocycles. The van der Waals surface area contributed by atoms with Gasteiger partial charge in [-0.15, -0.1) is 0 Å². The maximum Gasteiger partial charge on any atom is 0.318 e. The molecule has 1 rings (SSSR count). The second-order valence-corrected chi connectivity index (χ2v) is 5.53. The van der Waals surface area contributed by atoms with Gasteiger partial charge in [-0.2, -0.15) is 4.31 Å². The van der Waals surface area contributed by atoms with Gasteiger partial charge in [0.1, 0.15) is 12.4 Å². The molecule has 0 spiro atoms. The lowest BCUT2D eigenvalue weighted by Gasteiger charge is -2.17. The Bertz CT molecular complexity index is 498. The molecule has 0 unspecified atom stereocenters. The van der Waals surface area contributed by atoms with E-state index in [0.717, 1.165) is 10.6 Å². The predicted octanol–water partition coefficient (Wildman–Crippen LogP) is 0.672. The van der Waals surface area contributed by atoms with Gasteiger partial charge in [0.25, 0.3) is 0 Å². The SMILES string of the molecule is CS(=O)(=O)N(CC(=O)O)Cc1ccc(F)cc1. The summed E-state index contributed by atoms with van der Waals surface area (Å²) >= 11 is 0. The normalized spacial score (nSPS) is 11.7. The van der Waals surface area contributed by atoms with E-state index in [1.807, 2.05) is 0 Å². The van der Waals surface area contributed by atoms with E-state index >= 15 is 0 Å². The molecule has 0 bridgehead atoms. The van der Waals surface area contributed by atoms with Gasteiger partial charge in [-0.1, -0.05) is 12.1 Å². The van der Waals surface area contributed by atoms with E-state index < -0.39 is 28.4 Å². The van der Waals surface area contributed by atoms with Gasteiger partial charge in [0.05, 0.1) is 6.26 Å². The Morgan fingerprint density at radius 3 is 2.29 bits per heavy atom. The molecule has 0 atom stereocenters. The van der Waals surface area contributed by atoms with Crippen molar-refractivity contribution in [3.05, 3.63) is 35.6 Å². The van der Waals surface area contributed by atoms with Crippen molar-refractivity contribution >= 4 is 16.0 Å². The molecule has 0 aromatic heterocycles. The molecule has 94 valence electrons. The minimum absolute atomic E-state index is 0.0919. The molecular weight excluding hydrogens is 249 g/mol. The molecular formula is C10H12FNO4S. The van der Waals surface area contributed by atoms with E-state index in [9.17, 15) is 17.6 Å². The van der Waals surface area contributed by atoms with Crippen LogP contribution in [0.2, 0.25) is 0 Å². The molecule has 0 heterocycles. The summed E-state index contributed by atoms with van der Waals surface area (Å²) in [5.74, 6) is -1.67. The highest BCUT2D eigenvalue weighted by Crippen LogP contribution is 2.09. The number of carboxylic acid groups (broad SMARTS) is 1. The monoisotopic (exact) mass is 261 g/mol. The molecule has 0 saturated carbocycles. The van der Waals surface area contributed by atoms with Crippen LogP contribution in [0.15, 0.2) is 24.3 Å². The Hall–Kier alpha value is -1.47. The Balaban J connectivity index is 2.87. The molecule has 0 aliphatic heterocycles. The maximum atomic E-state index is 12.6. The van der Waals surface area contributed by atoms with Crippen molar-refractivity contribution in [1.29, 1.82) is 0 Å². The topological polar surface area (TPSA) is 74.7 Å². The molecule has 0 amide bonds. The van der Waals surface area contributed by atoms with Crippen LogP contribution in [0.25, 0.3) is 0 Å². The summed E-state index contributed by atoms with van der Waals surface area (Å²) < 4.78 is 36.1. The summed E-state index contributed by atoms with van der Waals surface area (Å²) in [6, 6.07) is 5.21. The number of carboxylic acids is 1. The minimum Gasteiger partial charge on any atom is -0.480 e. The molecule has 5 nitrogen and oxygen atoms in total. The Morgan fingerprint density at radius 1 is 1.35 bits per heavy atom. The number of nitrogens with zero attached hydrogens (tertiary/aromatic N) is 1. The van der Waals surface area contributed by atoms with E-state index in [1.165, 1.54) is 24.3 Å². The van der Waals surface area contributed by atoms with Gasteiger partial charge in [-0.25, -0.2) is 12.8 Å². The van der Waals surface area contributed by atoms with Crippen molar-refractivity contribution in [2.75, 3.05) is 12.8 Å². The third kappa shape index (κ3) is 4.49. The molecule has 0 aliphatic carbocycles. The average molecular weight is 261 g/mol. The standard InChI is InChI=1S/C10H12FNO4S/c1-17(15,16)12(7-10(13)14)6-8-2-4-9(11)5-3-8/h2-5H,6-7H2,1H3,(H,13,14). The lowest BCUT2D eigenvalue weighted by molar-refractivity contribution is -0.137. The van der Waals surface area contributed by atoms with Gasteiger partial charge in [0.15, 0.2) is 0 Å². The van der Waals surface area contributed by atoms with Crippen molar-refractivity contribution in [2.24, 2.45) is 0 Å². The van der Waals surface area contributed by atoms with E-state index in [0.29, 0.717) is 5.56 Å². The third-order valence-electron chi connectivity index (χ3n) is 2.05. The number of halogens is 1. The van der Waals surface area contributed by atoms with Crippen LogP contribution < -0.4 is 0 Å². The number of carbonyl (C=O) groups is 1. The largest absolute Gasteiger partial charge is 0.480 e. The lowest BCUT2D eigenvalue weighted by atomic mass is 10.2. The number of benzene rings is 1. The van der Waals surface area contributed by atoms with Crippen molar-refractivity contribution in [3.63, 3.8) is 0 Å². The summed E-state index contributed by atoms with van der Waals surface area (Å²) in [4.78, 5) is 10.5.